The molecule has 0 unspecified atom stereocenters. The Morgan fingerprint density at radius 1 is 1.44 bits per heavy atom. The Hall–Kier alpha value is -1.53. The van der Waals surface area contributed by atoms with E-state index in [-0.39, 0.29) is 5.54 Å². The van der Waals surface area contributed by atoms with Gasteiger partial charge in [-0.25, -0.2) is 0 Å². The molecule has 86 valence electrons. The molecule has 0 aliphatic rings. The second-order valence-electron chi connectivity index (χ2n) is 4.58. The molecule has 0 spiro atoms. The topological polar surface area (TPSA) is 45.0 Å². The average molecular weight is 218 g/mol. The summed E-state index contributed by atoms with van der Waals surface area (Å²) < 4.78 is 5.14. The van der Waals surface area contributed by atoms with Crippen molar-refractivity contribution in [3.8, 4) is 6.07 Å². The van der Waals surface area contributed by atoms with Gasteiger partial charge in [0.25, 0.3) is 0 Å². The maximum Gasteiger partial charge on any atom is 0.0994 e. The van der Waals surface area contributed by atoms with E-state index in [1.807, 2.05) is 25.1 Å². The number of nitriles is 1. The third-order valence-corrected chi connectivity index (χ3v) is 2.33. The van der Waals surface area contributed by atoms with Crippen LogP contribution in [0.25, 0.3) is 0 Å². The average Bonchev–Trinajstić information content (AvgIpc) is 2.17. The summed E-state index contributed by atoms with van der Waals surface area (Å²) in [7, 11) is 1.69. The summed E-state index contributed by atoms with van der Waals surface area (Å²) >= 11 is 0. The molecular formula is C13H18N2O. The molecule has 0 heterocycles. The monoisotopic (exact) mass is 218 g/mol. The van der Waals surface area contributed by atoms with Gasteiger partial charge in [0.05, 0.1) is 23.8 Å². The van der Waals surface area contributed by atoms with Crippen molar-refractivity contribution in [2.75, 3.05) is 19.0 Å². The number of nitrogens with one attached hydrogen (secondary N) is 1. The lowest BCUT2D eigenvalue weighted by Gasteiger charge is -2.26. The summed E-state index contributed by atoms with van der Waals surface area (Å²) in [6.45, 7) is 6.72. The van der Waals surface area contributed by atoms with Crippen LogP contribution < -0.4 is 5.32 Å². The van der Waals surface area contributed by atoms with E-state index in [1.54, 1.807) is 7.11 Å². The van der Waals surface area contributed by atoms with E-state index in [2.05, 4.69) is 25.2 Å². The highest BCUT2D eigenvalue weighted by atomic mass is 16.5. The number of hydrogen-bond donors (Lipinski definition) is 1. The Morgan fingerprint density at radius 3 is 2.62 bits per heavy atom. The normalized spacial score (nSPS) is 10.9. The van der Waals surface area contributed by atoms with E-state index in [1.165, 1.54) is 0 Å². The van der Waals surface area contributed by atoms with Gasteiger partial charge in [0, 0.05) is 12.8 Å². The fourth-order valence-electron chi connectivity index (χ4n) is 1.65. The predicted octanol–water partition coefficient (Wildman–Crippen LogP) is 2.70. The van der Waals surface area contributed by atoms with Crippen molar-refractivity contribution in [1.29, 1.82) is 5.26 Å². The van der Waals surface area contributed by atoms with Gasteiger partial charge in [-0.05, 0) is 44.5 Å². The highest BCUT2D eigenvalue weighted by Gasteiger charge is 2.16. The molecule has 1 rings (SSSR count). The maximum absolute atomic E-state index is 8.84. The molecular weight excluding hydrogens is 200 g/mol. The molecule has 3 heteroatoms. The minimum absolute atomic E-state index is 0.116. The molecule has 0 aromatic heterocycles. The van der Waals surface area contributed by atoms with Crippen LogP contribution in [0.1, 0.15) is 25.0 Å². The van der Waals surface area contributed by atoms with Gasteiger partial charge >= 0.3 is 0 Å². The van der Waals surface area contributed by atoms with E-state index in [0.717, 1.165) is 16.8 Å². The van der Waals surface area contributed by atoms with E-state index < -0.39 is 0 Å². The van der Waals surface area contributed by atoms with Crippen LogP contribution in [0.5, 0.6) is 0 Å². The molecule has 0 amide bonds. The molecule has 0 aliphatic heterocycles. The molecule has 1 N–H and O–H groups in total. The summed E-state index contributed by atoms with van der Waals surface area (Å²) in [6.07, 6.45) is 0. The van der Waals surface area contributed by atoms with Crippen LogP contribution in [-0.2, 0) is 4.74 Å². The van der Waals surface area contributed by atoms with Crippen molar-refractivity contribution in [2.24, 2.45) is 0 Å². The highest BCUT2D eigenvalue weighted by molar-refractivity contribution is 5.52. The SMILES string of the molecule is COCC(C)(C)Nc1ccc(C#N)c(C)c1. The zero-order valence-corrected chi connectivity index (χ0v) is 10.3. The van der Waals surface area contributed by atoms with Crippen molar-refractivity contribution < 1.29 is 4.74 Å². The van der Waals surface area contributed by atoms with E-state index >= 15 is 0 Å². The number of nitrogens with zero attached hydrogens (tertiary/aromatic N) is 1. The summed E-state index contributed by atoms with van der Waals surface area (Å²) in [6, 6.07) is 7.89. The van der Waals surface area contributed by atoms with Crippen molar-refractivity contribution in [3.05, 3.63) is 29.3 Å². The number of benzene rings is 1. The zero-order chi connectivity index (χ0) is 12.2. The minimum atomic E-state index is -0.116. The number of hydrogen-bond acceptors (Lipinski definition) is 3. The second-order valence-corrected chi connectivity index (χ2v) is 4.58. The van der Waals surface area contributed by atoms with Gasteiger partial charge in [-0.3, -0.25) is 0 Å². The fraction of sp³-hybridized carbons (Fsp3) is 0.462. The van der Waals surface area contributed by atoms with Crippen molar-refractivity contribution in [2.45, 2.75) is 26.3 Å². The van der Waals surface area contributed by atoms with Crippen LogP contribution in [0.4, 0.5) is 5.69 Å². The first-order valence-corrected chi connectivity index (χ1v) is 5.26. The first-order chi connectivity index (χ1) is 7.48. The summed E-state index contributed by atoms with van der Waals surface area (Å²) in [5.74, 6) is 0. The Balaban J connectivity index is 2.84. The molecule has 0 aliphatic carbocycles. The molecule has 1 aromatic rings. The van der Waals surface area contributed by atoms with Gasteiger partial charge in [-0.1, -0.05) is 0 Å². The van der Waals surface area contributed by atoms with Crippen molar-refractivity contribution >= 4 is 5.69 Å². The lowest BCUT2D eigenvalue weighted by molar-refractivity contribution is 0.158. The van der Waals surface area contributed by atoms with Crippen LogP contribution in [0.3, 0.4) is 0 Å². The van der Waals surface area contributed by atoms with Gasteiger partial charge in [0.2, 0.25) is 0 Å². The molecule has 3 nitrogen and oxygen atoms in total. The number of anilines is 1. The van der Waals surface area contributed by atoms with E-state index in [4.69, 9.17) is 10.00 Å². The van der Waals surface area contributed by atoms with Crippen LogP contribution in [0, 0.1) is 18.3 Å². The summed E-state index contributed by atoms with van der Waals surface area (Å²) in [5, 5.41) is 12.2. The van der Waals surface area contributed by atoms with E-state index in [0.29, 0.717) is 6.61 Å². The third-order valence-electron chi connectivity index (χ3n) is 2.33. The molecule has 0 radical (unpaired) electrons. The van der Waals surface area contributed by atoms with Gasteiger partial charge in [-0.2, -0.15) is 5.26 Å². The molecule has 0 bridgehead atoms. The summed E-state index contributed by atoms with van der Waals surface area (Å²) in [4.78, 5) is 0. The van der Waals surface area contributed by atoms with Crippen LogP contribution in [0.2, 0.25) is 0 Å². The molecule has 16 heavy (non-hydrogen) atoms. The van der Waals surface area contributed by atoms with Crippen LogP contribution in [0.15, 0.2) is 18.2 Å². The lowest BCUT2D eigenvalue weighted by atomic mass is 10.0. The van der Waals surface area contributed by atoms with Gasteiger partial charge in [0.15, 0.2) is 0 Å². The highest BCUT2D eigenvalue weighted by Crippen LogP contribution is 2.18. The zero-order valence-electron chi connectivity index (χ0n) is 10.3. The Labute approximate surface area is 97.0 Å². The number of rotatable bonds is 4. The summed E-state index contributed by atoms with van der Waals surface area (Å²) in [5.41, 5.74) is 2.60. The minimum Gasteiger partial charge on any atom is -0.382 e. The predicted molar refractivity (Wildman–Crippen MR) is 65.5 cm³/mol. The van der Waals surface area contributed by atoms with Crippen LogP contribution in [-0.4, -0.2) is 19.3 Å². The fourth-order valence-corrected chi connectivity index (χ4v) is 1.65. The lowest BCUT2D eigenvalue weighted by Crippen LogP contribution is -2.35. The largest absolute Gasteiger partial charge is 0.382 e. The van der Waals surface area contributed by atoms with Crippen molar-refractivity contribution in [3.63, 3.8) is 0 Å². The molecule has 0 atom stereocenters. The number of methoxy groups -OCH3 is 1. The van der Waals surface area contributed by atoms with Crippen molar-refractivity contribution in [1.82, 2.24) is 0 Å². The quantitative estimate of drug-likeness (QED) is 0.845. The number of ether oxygens (including phenoxy) is 1. The van der Waals surface area contributed by atoms with Gasteiger partial charge in [0.1, 0.15) is 0 Å². The Morgan fingerprint density at radius 2 is 2.12 bits per heavy atom. The second kappa shape index (κ2) is 5.00. The first-order valence-electron chi connectivity index (χ1n) is 5.26. The standard InChI is InChI=1S/C13H18N2O/c1-10-7-12(6-5-11(10)8-14)15-13(2,3)9-16-4/h5-7,15H,9H2,1-4H3. The first kappa shape index (κ1) is 12.5. The van der Waals surface area contributed by atoms with Crippen LogP contribution >= 0.6 is 0 Å². The van der Waals surface area contributed by atoms with E-state index in [9.17, 15) is 0 Å². The molecule has 0 saturated heterocycles. The van der Waals surface area contributed by atoms with Gasteiger partial charge < -0.3 is 10.1 Å². The maximum atomic E-state index is 8.84. The molecule has 0 saturated carbocycles. The Kier molecular flexibility index (Phi) is 3.92. The smallest absolute Gasteiger partial charge is 0.0994 e. The molecule has 1 aromatic carbocycles. The third kappa shape index (κ3) is 3.25. The number of aryl methyl sites for hydroxylation is 1. The Bertz CT molecular complexity index is 405. The molecule has 0 fully saturated rings. The van der Waals surface area contributed by atoms with Gasteiger partial charge in [-0.15, -0.1) is 0 Å².